The number of amides is 1. The summed E-state index contributed by atoms with van der Waals surface area (Å²) in [5.74, 6) is -0.977. The first-order valence-corrected chi connectivity index (χ1v) is 9.08. The summed E-state index contributed by atoms with van der Waals surface area (Å²) in [7, 11) is 1.49. The summed E-state index contributed by atoms with van der Waals surface area (Å²) in [4.78, 5) is 26.9. The third-order valence-electron chi connectivity index (χ3n) is 4.25. The second-order valence-electron chi connectivity index (χ2n) is 6.07. The molecule has 2 atom stereocenters. The molecule has 0 aliphatic carbocycles. The Labute approximate surface area is 151 Å². The average molecular weight is 372 g/mol. The number of benzene rings is 1. The second-order valence-corrected chi connectivity index (χ2v) is 7.86. The largest absolute Gasteiger partial charge is 0.481 e. The number of nitrogens with zero attached hydrogens (tertiary/aromatic N) is 1. The molecular weight excluding hydrogens is 350 g/mol. The Morgan fingerprint density at radius 2 is 2.17 bits per heavy atom. The maximum absolute atomic E-state index is 12.8. The molecule has 2 unspecified atom stereocenters. The number of carboxylic acid groups (broad SMARTS) is 1. The molecular formula is C17H22ClNO4S. The fourth-order valence-corrected chi connectivity index (χ4v) is 4.23. The van der Waals surface area contributed by atoms with Crippen LogP contribution in [-0.4, -0.2) is 53.9 Å². The third kappa shape index (κ3) is 4.23. The minimum atomic E-state index is -1.02. The first-order chi connectivity index (χ1) is 11.4. The van der Waals surface area contributed by atoms with E-state index in [4.69, 9.17) is 16.3 Å². The summed E-state index contributed by atoms with van der Waals surface area (Å²) >= 11 is 7.54. The van der Waals surface area contributed by atoms with Crippen LogP contribution >= 0.6 is 23.4 Å². The van der Waals surface area contributed by atoms with Gasteiger partial charge in [0.15, 0.2) is 0 Å². The van der Waals surface area contributed by atoms with Crippen LogP contribution in [0.1, 0.15) is 19.8 Å². The molecule has 0 saturated carbocycles. The number of hydrogen-bond acceptors (Lipinski definition) is 4. The molecule has 7 heteroatoms. The molecule has 0 bridgehead atoms. The van der Waals surface area contributed by atoms with Gasteiger partial charge in [-0.15, -0.1) is 11.8 Å². The number of carboxylic acids is 1. The summed E-state index contributed by atoms with van der Waals surface area (Å²) in [6.45, 7) is 2.69. The Morgan fingerprint density at radius 3 is 2.79 bits per heavy atom. The molecule has 0 radical (unpaired) electrons. The zero-order chi connectivity index (χ0) is 17.7. The minimum absolute atomic E-state index is 0.0682. The van der Waals surface area contributed by atoms with Gasteiger partial charge in [-0.05, 0) is 31.9 Å². The van der Waals surface area contributed by atoms with Gasteiger partial charge in [0, 0.05) is 25.1 Å². The minimum Gasteiger partial charge on any atom is -0.481 e. The van der Waals surface area contributed by atoms with Crippen LogP contribution in [0, 0.1) is 5.41 Å². The van der Waals surface area contributed by atoms with Gasteiger partial charge in [0.05, 0.1) is 16.9 Å². The van der Waals surface area contributed by atoms with Crippen LogP contribution in [0.25, 0.3) is 0 Å². The Balaban J connectivity index is 2.08. The van der Waals surface area contributed by atoms with Crippen LogP contribution in [0.15, 0.2) is 29.2 Å². The van der Waals surface area contributed by atoms with E-state index in [-0.39, 0.29) is 24.3 Å². The third-order valence-corrected chi connectivity index (χ3v) is 5.86. The van der Waals surface area contributed by atoms with Gasteiger partial charge in [0.2, 0.25) is 5.91 Å². The van der Waals surface area contributed by atoms with Gasteiger partial charge in [-0.3, -0.25) is 9.59 Å². The number of carbonyl (C=O) groups excluding carboxylic acids is 1. The SMILES string of the molecule is COCC1(C(=O)O)CCCN(C(=O)C(C)Sc2ccccc2Cl)C1. The van der Waals surface area contributed by atoms with Crippen molar-refractivity contribution < 1.29 is 19.4 Å². The number of rotatable bonds is 6. The van der Waals surface area contributed by atoms with Crippen molar-refractivity contribution in [2.24, 2.45) is 5.41 Å². The molecule has 1 aliphatic heterocycles. The van der Waals surface area contributed by atoms with E-state index in [2.05, 4.69) is 0 Å². The Hall–Kier alpha value is -1.24. The molecule has 1 saturated heterocycles. The lowest BCUT2D eigenvalue weighted by atomic mass is 9.80. The van der Waals surface area contributed by atoms with E-state index in [0.29, 0.717) is 24.4 Å². The van der Waals surface area contributed by atoms with Crippen molar-refractivity contribution in [2.45, 2.75) is 29.9 Å². The molecule has 0 spiro atoms. The normalized spacial score (nSPS) is 22.2. The van der Waals surface area contributed by atoms with Gasteiger partial charge in [-0.25, -0.2) is 0 Å². The summed E-state index contributed by atoms with van der Waals surface area (Å²) < 4.78 is 5.10. The van der Waals surface area contributed by atoms with Crippen LogP contribution in [-0.2, 0) is 14.3 Å². The summed E-state index contributed by atoms with van der Waals surface area (Å²) in [5.41, 5.74) is -1.02. The number of piperidine rings is 1. The van der Waals surface area contributed by atoms with Gasteiger partial charge < -0.3 is 14.7 Å². The van der Waals surface area contributed by atoms with Crippen molar-refractivity contribution >= 4 is 35.2 Å². The summed E-state index contributed by atoms with van der Waals surface area (Å²) in [6.07, 6.45) is 1.18. The molecule has 1 aromatic carbocycles. The van der Waals surface area contributed by atoms with E-state index in [1.54, 1.807) is 11.0 Å². The number of likely N-dealkylation sites (tertiary alicyclic amines) is 1. The number of aliphatic carboxylic acids is 1. The first kappa shape index (κ1) is 19.1. The second kappa shape index (κ2) is 8.23. The molecule has 2 rings (SSSR count). The number of thioether (sulfide) groups is 1. The molecule has 1 amide bonds. The Morgan fingerprint density at radius 1 is 1.46 bits per heavy atom. The highest BCUT2D eigenvalue weighted by atomic mass is 35.5. The number of halogens is 1. The van der Waals surface area contributed by atoms with Crippen LogP contribution in [0.5, 0.6) is 0 Å². The Kier molecular flexibility index (Phi) is 6.54. The fourth-order valence-electron chi connectivity index (χ4n) is 2.99. The lowest BCUT2D eigenvalue weighted by Gasteiger charge is -2.40. The summed E-state index contributed by atoms with van der Waals surface area (Å²) in [6, 6.07) is 7.38. The van der Waals surface area contributed by atoms with Crippen molar-refractivity contribution in [2.75, 3.05) is 26.8 Å². The topological polar surface area (TPSA) is 66.8 Å². The fraction of sp³-hybridized carbons (Fsp3) is 0.529. The van der Waals surface area contributed by atoms with Gasteiger partial charge in [-0.2, -0.15) is 0 Å². The molecule has 0 aromatic heterocycles. The smallest absolute Gasteiger partial charge is 0.313 e. The van der Waals surface area contributed by atoms with Gasteiger partial charge in [-0.1, -0.05) is 23.7 Å². The van der Waals surface area contributed by atoms with E-state index in [9.17, 15) is 14.7 Å². The van der Waals surface area contributed by atoms with Crippen molar-refractivity contribution in [1.82, 2.24) is 4.90 Å². The molecule has 1 aromatic rings. The summed E-state index contributed by atoms with van der Waals surface area (Å²) in [5, 5.41) is 9.86. The van der Waals surface area contributed by atoms with E-state index in [1.807, 2.05) is 25.1 Å². The van der Waals surface area contributed by atoms with E-state index in [1.165, 1.54) is 18.9 Å². The van der Waals surface area contributed by atoms with E-state index in [0.717, 1.165) is 4.90 Å². The highest BCUT2D eigenvalue weighted by molar-refractivity contribution is 8.00. The lowest BCUT2D eigenvalue weighted by Crippen LogP contribution is -2.53. The highest BCUT2D eigenvalue weighted by Crippen LogP contribution is 2.34. The van der Waals surface area contributed by atoms with Crippen molar-refractivity contribution in [3.05, 3.63) is 29.3 Å². The monoisotopic (exact) mass is 371 g/mol. The van der Waals surface area contributed by atoms with E-state index >= 15 is 0 Å². The maximum atomic E-state index is 12.8. The predicted molar refractivity (Wildman–Crippen MR) is 94.5 cm³/mol. The van der Waals surface area contributed by atoms with Gasteiger partial charge >= 0.3 is 5.97 Å². The number of ether oxygens (including phenoxy) is 1. The average Bonchev–Trinajstić information content (AvgIpc) is 2.56. The van der Waals surface area contributed by atoms with Crippen LogP contribution in [0.2, 0.25) is 5.02 Å². The van der Waals surface area contributed by atoms with Gasteiger partial charge in [0.1, 0.15) is 5.41 Å². The zero-order valence-corrected chi connectivity index (χ0v) is 15.4. The molecule has 1 N–H and O–H groups in total. The standard InChI is InChI=1S/C17H22ClNO4S/c1-12(24-14-7-4-3-6-13(14)18)15(20)19-9-5-8-17(10-19,11-23-2)16(21)22/h3-4,6-7,12H,5,8-11H2,1-2H3,(H,21,22). The van der Waals surface area contributed by atoms with Crippen molar-refractivity contribution in [3.63, 3.8) is 0 Å². The molecule has 1 heterocycles. The quantitative estimate of drug-likeness (QED) is 0.778. The highest BCUT2D eigenvalue weighted by Gasteiger charge is 2.44. The van der Waals surface area contributed by atoms with E-state index < -0.39 is 11.4 Å². The number of hydrogen-bond donors (Lipinski definition) is 1. The number of methoxy groups -OCH3 is 1. The molecule has 1 aliphatic rings. The molecule has 5 nitrogen and oxygen atoms in total. The molecule has 24 heavy (non-hydrogen) atoms. The van der Waals surface area contributed by atoms with Crippen LogP contribution in [0.3, 0.4) is 0 Å². The first-order valence-electron chi connectivity index (χ1n) is 7.82. The Bertz CT molecular complexity index is 608. The molecule has 1 fully saturated rings. The van der Waals surface area contributed by atoms with Crippen molar-refractivity contribution in [1.29, 1.82) is 0 Å². The van der Waals surface area contributed by atoms with Gasteiger partial charge in [0.25, 0.3) is 0 Å². The van der Waals surface area contributed by atoms with Crippen LogP contribution in [0.4, 0.5) is 0 Å². The predicted octanol–water partition coefficient (Wildman–Crippen LogP) is 3.16. The number of carbonyl (C=O) groups is 2. The molecule has 132 valence electrons. The maximum Gasteiger partial charge on any atom is 0.313 e. The van der Waals surface area contributed by atoms with Crippen molar-refractivity contribution in [3.8, 4) is 0 Å². The van der Waals surface area contributed by atoms with Crippen LogP contribution < -0.4 is 0 Å². The zero-order valence-electron chi connectivity index (χ0n) is 13.8. The lowest BCUT2D eigenvalue weighted by molar-refractivity contribution is -0.159.